The zero-order valence-electron chi connectivity index (χ0n) is 8.73. The van der Waals surface area contributed by atoms with Crippen LogP contribution in [0.4, 0.5) is 0 Å². The van der Waals surface area contributed by atoms with E-state index < -0.39 is 5.60 Å². The van der Waals surface area contributed by atoms with Crippen LogP contribution in [0.3, 0.4) is 0 Å². The minimum absolute atomic E-state index is 0.00174. The van der Waals surface area contributed by atoms with Crippen molar-refractivity contribution in [3.63, 3.8) is 0 Å². The average molecular weight is 158 g/mol. The van der Waals surface area contributed by atoms with Crippen molar-refractivity contribution in [2.75, 3.05) is 0 Å². The summed E-state index contributed by atoms with van der Waals surface area (Å²) in [5, 5.41) is 10.0. The van der Waals surface area contributed by atoms with E-state index in [4.69, 9.17) is 0 Å². The summed E-state index contributed by atoms with van der Waals surface area (Å²) in [5.41, 5.74) is -0.539. The molecule has 11 heavy (non-hydrogen) atoms. The maximum Gasteiger partial charge on any atom is 0.0670 e. The molecular weight excluding hydrogens is 136 g/mol. The molecule has 0 saturated heterocycles. The molecule has 0 aromatic heterocycles. The van der Waals surface area contributed by atoms with Gasteiger partial charge in [0.1, 0.15) is 0 Å². The number of hydrogen-bond acceptors (Lipinski definition) is 1. The molecule has 68 valence electrons. The quantitative estimate of drug-likeness (QED) is 0.669. The van der Waals surface area contributed by atoms with Gasteiger partial charge in [-0.2, -0.15) is 0 Å². The van der Waals surface area contributed by atoms with Crippen LogP contribution in [0.1, 0.15) is 48.0 Å². The summed E-state index contributed by atoms with van der Waals surface area (Å²) < 4.78 is 0. The molecule has 0 bridgehead atoms. The van der Waals surface area contributed by atoms with Crippen LogP contribution in [0.15, 0.2) is 0 Å². The van der Waals surface area contributed by atoms with E-state index in [0.29, 0.717) is 5.92 Å². The predicted octanol–water partition coefficient (Wildman–Crippen LogP) is 2.83. The maximum absolute atomic E-state index is 10.0. The molecule has 1 atom stereocenters. The zero-order valence-corrected chi connectivity index (χ0v) is 8.73. The molecule has 1 N–H and O–H groups in total. The maximum atomic E-state index is 10.0. The van der Waals surface area contributed by atoms with Gasteiger partial charge in [0.05, 0.1) is 5.60 Å². The molecule has 1 nitrogen and oxygen atoms in total. The fourth-order valence-electron chi connectivity index (χ4n) is 1.08. The molecule has 0 aromatic carbocycles. The van der Waals surface area contributed by atoms with Gasteiger partial charge < -0.3 is 5.11 Å². The number of rotatable bonds is 3. The molecule has 0 heterocycles. The Labute approximate surface area is 70.8 Å². The summed E-state index contributed by atoms with van der Waals surface area (Å²) in [6.07, 6.45) is 0.818. The van der Waals surface area contributed by atoms with Crippen molar-refractivity contribution in [1.82, 2.24) is 0 Å². The second-order valence-electron chi connectivity index (χ2n) is 4.50. The fourth-order valence-corrected chi connectivity index (χ4v) is 1.08. The Kier molecular flexibility index (Phi) is 3.13. The summed E-state index contributed by atoms with van der Waals surface area (Å²) >= 11 is 0. The SMILES string of the molecule is CCC(C)(O)C(C)(C)C(C)C. The highest BCUT2D eigenvalue weighted by molar-refractivity contribution is 4.90. The van der Waals surface area contributed by atoms with E-state index in [-0.39, 0.29) is 5.41 Å². The summed E-state index contributed by atoms with van der Waals surface area (Å²) in [5.74, 6) is 0.512. The molecule has 0 spiro atoms. The van der Waals surface area contributed by atoms with Gasteiger partial charge in [0.25, 0.3) is 0 Å². The van der Waals surface area contributed by atoms with E-state index in [1.165, 1.54) is 0 Å². The molecule has 0 aromatic rings. The number of aliphatic hydroxyl groups is 1. The lowest BCUT2D eigenvalue weighted by atomic mass is 9.67. The Hall–Kier alpha value is -0.0400. The molecule has 1 unspecified atom stereocenters. The van der Waals surface area contributed by atoms with E-state index in [9.17, 15) is 5.11 Å². The topological polar surface area (TPSA) is 20.2 Å². The molecule has 0 rings (SSSR count). The van der Waals surface area contributed by atoms with Gasteiger partial charge in [0, 0.05) is 0 Å². The van der Waals surface area contributed by atoms with Crippen LogP contribution in [0.25, 0.3) is 0 Å². The fraction of sp³-hybridized carbons (Fsp3) is 1.00. The van der Waals surface area contributed by atoms with Gasteiger partial charge in [-0.05, 0) is 24.7 Å². The van der Waals surface area contributed by atoms with Gasteiger partial charge in [-0.15, -0.1) is 0 Å². The molecule has 0 aliphatic carbocycles. The predicted molar refractivity (Wildman–Crippen MR) is 49.5 cm³/mol. The first-order valence-corrected chi connectivity index (χ1v) is 4.48. The van der Waals surface area contributed by atoms with Gasteiger partial charge in [0.2, 0.25) is 0 Å². The molecule has 0 saturated carbocycles. The third-order valence-corrected chi connectivity index (χ3v) is 3.52. The van der Waals surface area contributed by atoms with Crippen molar-refractivity contribution in [3.8, 4) is 0 Å². The van der Waals surface area contributed by atoms with Crippen molar-refractivity contribution in [1.29, 1.82) is 0 Å². The van der Waals surface area contributed by atoms with Gasteiger partial charge >= 0.3 is 0 Å². The Morgan fingerprint density at radius 3 is 1.64 bits per heavy atom. The Bertz CT molecular complexity index is 123. The molecule has 0 aliphatic rings. The smallest absolute Gasteiger partial charge is 0.0670 e. The molecule has 0 aliphatic heterocycles. The van der Waals surface area contributed by atoms with Crippen LogP contribution in [-0.4, -0.2) is 10.7 Å². The van der Waals surface area contributed by atoms with Gasteiger partial charge in [0.15, 0.2) is 0 Å². The van der Waals surface area contributed by atoms with Crippen molar-refractivity contribution in [2.45, 2.75) is 53.6 Å². The molecule has 1 heteroatoms. The van der Waals surface area contributed by atoms with Crippen molar-refractivity contribution >= 4 is 0 Å². The van der Waals surface area contributed by atoms with E-state index >= 15 is 0 Å². The normalized spacial score (nSPS) is 18.5. The third kappa shape index (κ3) is 1.96. The highest BCUT2D eigenvalue weighted by Crippen LogP contribution is 2.39. The molecular formula is C10H22O. The van der Waals surface area contributed by atoms with Crippen LogP contribution < -0.4 is 0 Å². The third-order valence-electron chi connectivity index (χ3n) is 3.52. The Morgan fingerprint density at radius 2 is 1.55 bits per heavy atom. The van der Waals surface area contributed by atoms with Crippen LogP contribution in [0.2, 0.25) is 0 Å². The standard InChI is InChI=1S/C10H22O/c1-7-10(6,11)9(4,5)8(2)3/h8,11H,7H2,1-6H3. The van der Waals surface area contributed by atoms with Crippen LogP contribution in [0, 0.1) is 11.3 Å². The van der Waals surface area contributed by atoms with Gasteiger partial charge in [-0.1, -0.05) is 34.6 Å². The van der Waals surface area contributed by atoms with E-state index in [1.807, 2.05) is 13.8 Å². The largest absolute Gasteiger partial charge is 0.390 e. The second-order valence-corrected chi connectivity index (χ2v) is 4.50. The Balaban J connectivity index is 4.53. The van der Waals surface area contributed by atoms with Crippen LogP contribution in [0.5, 0.6) is 0 Å². The van der Waals surface area contributed by atoms with E-state index in [0.717, 1.165) is 6.42 Å². The molecule has 0 fully saturated rings. The summed E-state index contributed by atoms with van der Waals surface area (Å²) in [6.45, 7) is 12.5. The minimum Gasteiger partial charge on any atom is -0.390 e. The summed E-state index contributed by atoms with van der Waals surface area (Å²) in [7, 11) is 0. The molecule has 0 radical (unpaired) electrons. The van der Waals surface area contributed by atoms with Gasteiger partial charge in [-0.25, -0.2) is 0 Å². The zero-order chi connectivity index (χ0) is 9.28. The lowest BCUT2D eigenvalue weighted by molar-refractivity contribution is -0.0781. The number of hydrogen-bond donors (Lipinski definition) is 1. The first-order valence-electron chi connectivity index (χ1n) is 4.48. The van der Waals surface area contributed by atoms with Crippen molar-refractivity contribution < 1.29 is 5.11 Å². The van der Waals surface area contributed by atoms with Crippen LogP contribution in [-0.2, 0) is 0 Å². The lowest BCUT2D eigenvalue weighted by Gasteiger charge is -2.42. The van der Waals surface area contributed by atoms with Crippen molar-refractivity contribution in [3.05, 3.63) is 0 Å². The second kappa shape index (κ2) is 3.14. The first kappa shape index (κ1) is 11.0. The average Bonchev–Trinajstić information content (AvgIpc) is 1.87. The van der Waals surface area contributed by atoms with E-state index in [2.05, 4.69) is 27.7 Å². The Morgan fingerprint density at radius 1 is 1.18 bits per heavy atom. The molecule has 0 amide bonds. The van der Waals surface area contributed by atoms with E-state index in [1.54, 1.807) is 0 Å². The first-order chi connectivity index (χ1) is 4.75. The summed E-state index contributed by atoms with van der Waals surface area (Å²) in [4.78, 5) is 0. The lowest BCUT2D eigenvalue weighted by Crippen LogP contribution is -2.44. The monoisotopic (exact) mass is 158 g/mol. The summed E-state index contributed by atoms with van der Waals surface area (Å²) in [6, 6.07) is 0. The van der Waals surface area contributed by atoms with Gasteiger partial charge in [-0.3, -0.25) is 0 Å². The van der Waals surface area contributed by atoms with Crippen LogP contribution >= 0.6 is 0 Å². The highest BCUT2D eigenvalue weighted by Gasteiger charge is 2.39. The minimum atomic E-state index is -0.541. The highest BCUT2D eigenvalue weighted by atomic mass is 16.3. The van der Waals surface area contributed by atoms with Crippen molar-refractivity contribution in [2.24, 2.45) is 11.3 Å².